The number of carbonyl (C=O) groups is 1. The molecular formula is C15H19N3OS. The maximum absolute atomic E-state index is 12.1. The van der Waals surface area contributed by atoms with Crippen LogP contribution in [0.2, 0.25) is 0 Å². The summed E-state index contributed by atoms with van der Waals surface area (Å²) in [6.07, 6.45) is 3.66. The predicted molar refractivity (Wildman–Crippen MR) is 83.1 cm³/mol. The standard InChI is InChI=1S/C15H19N3OS/c1-11-6-4-5-9-18(11)10-14(19)17-15-16-12-7-2-3-8-13(12)20-15/h2-3,7-8,11H,4-6,9-10H2,1H3,(H,16,17,19). The van der Waals surface area contributed by atoms with Crippen LogP contribution < -0.4 is 5.32 Å². The van der Waals surface area contributed by atoms with Crippen LogP contribution in [0, 0.1) is 0 Å². The number of thiazole rings is 1. The number of benzene rings is 1. The molecule has 5 heteroatoms. The van der Waals surface area contributed by atoms with Crippen molar-refractivity contribution < 1.29 is 4.79 Å². The Balaban J connectivity index is 1.63. The lowest BCUT2D eigenvalue weighted by Gasteiger charge is -2.32. The average Bonchev–Trinajstić information content (AvgIpc) is 2.83. The number of likely N-dealkylation sites (tertiary alicyclic amines) is 1. The second-order valence-corrected chi connectivity index (χ2v) is 6.38. The Morgan fingerprint density at radius 3 is 3.10 bits per heavy atom. The van der Waals surface area contributed by atoms with E-state index in [1.54, 1.807) is 0 Å². The molecule has 1 aromatic carbocycles. The third kappa shape index (κ3) is 2.99. The van der Waals surface area contributed by atoms with Crippen molar-refractivity contribution in [2.24, 2.45) is 0 Å². The first kappa shape index (κ1) is 13.5. The third-order valence-electron chi connectivity index (χ3n) is 3.83. The number of carbonyl (C=O) groups excluding carboxylic acids is 1. The van der Waals surface area contributed by atoms with Gasteiger partial charge in [0.2, 0.25) is 5.91 Å². The number of amides is 1. The summed E-state index contributed by atoms with van der Waals surface area (Å²) < 4.78 is 1.11. The molecule has 1 N–H and O–H groups in total. The lowest BCUT2D eigenvalue weighted by Crippen LogP contribution is -2.42. The smallest absolute Gasteiger partial charge is 0.240 e. The van der Waals surface area contributed by atoms with E-state index in [2.05, 4.69) is 22.1 Å². The molecular weight excluding hydrogens is 270 g/mol. The number of nitrogens with zero attached hydrogens (tertiary/aromatic N) is 2. The van der Waals surface area contributed by atoms with Crippen LogP contribution in [-0.4, -0.2) is 34.9 Å². The summed E-state index contributed by atoms with van der Waals surface area (Å²) in [4.78, 5) is 18.8. The molecule has 3 rings (SSSR count). The van der Waals surface area contributed by atoms with Crippen LogP contribution in [0.5, 0.6) is 0 Å². The van der Waals surface area contributed by atoms with Crippen molar-refractivity contribution in [2.75, 3.05) is 18.4 Å². The van der Waals surface area contributed by atoms with Crippen LogP contribution in [0.3, 0.4) is 0 Å². The van der Waals surface area contributed by atoms with Crippen molar-refractivity contribution in [3.63, 3.8) is 0 Å². The number of para-hydroxylation sites is 1. The van der Waals surface area contributed by atoms with Gasteiger partial charge in [0.15, 0.2) is 5.13 Å². The predicted octanol–water partition coefficient (Wildman–Crippen LogP) is 3.11. The minimum absolute atomic E-state index is 0.0396. The van der Waals surface area contributed by atoms with Crippen LogP contribution in [-0.2, 0) is 4.79 Å². The van der Waals surface area contributed by atoms with Gasteiger partial charge in [-0.2, -0.15) is 0 Å². The molecule has 1 aliphatic heterocycles. The molecule has 4 nitrogen and oxygen atoms in total. The number of fused-ring (bicyclic) bond motifs is 1. The van der Waals surface area contributed by atoms with Crippen molar-refractivity contribution in [3.8, 4) is 0 Å². The van der Waals surface area contributed by atoms with Gasteiger partial charge in [0.1, 0.15) is 0 Å². The molecule has 0 bridgehead atoms. The van der Waals surface area contributed by atoms with Gasteiger partial charge in [-0.1, -0.05) is 29.9 Å². The second kappa shape index (κ2) is 5.89. The summed E-state index contributed by atoms with van der Waals surface area (Å²) in [6, 6.07) is 8.44. The molecule has 0 radical (unpaired) electrons. The van der Waals surface area contributed by atoms with Crippen molar-refractivity contribution in [1.82, 2.24) is 9.88 Å². The van der Waals surface area contributed by atoms with Gasteiger partial charge >= 0.3 is 0 Å². The molecule has 1 amide bonds. The van der Waals surface area contributed by atoms with E-state index in [1.807, 2.05) is 24.3 Å². The SMILES string of the molecule is CC1CCCCN1CC(=O)Nc1nc2ccccc2s1. The van der Waals surface area contributed by atoms with Crippen molar-refractivity contribution >= 4 is 32.6 Å². The highest BCUT2D eigenvalue weighted by atomic mass is 32.1. The molecule has 2 heterocycles. The van der Waals surface area contributed by atoms with Crippen LogP contribution >= 0.6 is 11.3 Å². The highest BCUT2D eigenvalue weighted by Crippen LogP contribution is 2.25. The highest BCUT2D eigenvalue weighted by molar-refractivity contribution is 7.22. The Hall–Kier alpha value is -1.46. The first-order valence-electron chi connectivity index (χ1n) is 7.12. The minimum atomic E-state index is 0.0396. The quantitative estimate of drug-likeness (QED) is 0.944. The first-order valence-corrected chi connectivity index (χ1v) is 7.93. The van der Waals surface area contributed by atoms with E-state index in [0.29, 0.717) is 17.7 Å². The van der Waals surface area contributed by atoms with Gasteiger partial charge < -0.3 is 5.32 Å². The zero-order valence-electron chi connectivity index (χ0n) is 11.6. The van der Waals surface area contributed by atoms with Gasteiger partial charge in [0, 0.05) is 6.04 Å². The number of nitrogens with one attached hydrogen (secondary N) is 1. The maximum atomic E-state index is 12.1. The second-order valence-electron chi connectivity index (χ2n) is 5.35. The molecule has 0 saturated carbocycles. The molecule has 1 atom stereocenters. The molecule has 2 aromatic rings. The Morgan fingerprint density at radius 2 is 2.30 bits per heavy atom. The van der Waals surface area contributed by atoms with Gasteiger partial charge in [0.25, 0.3) is 0 Å². The van der Waals surface area contributed by atoms with Crippen LogP contribution in [0.25, 0.3) is 10.2 Å². The Labute approximate surface area is 122 Å². The lowest BCUT2D eigenvalue weighted by atomic mass is 10.0. The molecule has 106 valence electrons. The Kier molecular flexibility index (Phi) is 3.98. The molecule has 0 spiro atoms. The van der Waals surface area contributed by atoms with E-state index in [9.17, 15) is 4.79 Å². The molecule has 1 fully saturated rings. The topological polar surface area (TPSA) is 45.2 Å². The monoisotopic (exact) mass is 289 g/mol. The lowest BCUT2D eigenvalue weighted by molar-refractivity contribution is -0.118. The van der Waals surface area contributed by atoms with E-state index in [1.165, 1.54) is 30.6 Å². The van der Waals surface area contributed by atoms with Gasteiger partial charge in [-0.25, -0.2) is 4.98 Å². The molecule has 1 saturated heterocycles. The normalized spacial score (nSPS) is 20.1. The van der Waals surface area contributed by atoms with E-state index < -0.39 is 0 Å². The fourth-order valence-corrected chi connectivity index (χ4v) is 3.54. The fourth-order valence-electron chi connectivity index (χ4n) is 2.66. The zero-order chi connectivity index (χ0) is 13.9. The number of piperidine rings is 1. The van der Waals surface area contributed by atoms with E-state index in [-0.39, 0.29) is 5.91 Å². The molecule has 1 aromatic heterocycles. The molecule has 1 unspecified atom stereocenters. The van der Waals surface area contributed by atoms with Crippen molar-refractivity contribution in [3.05, 3.63) is 24.3 Å². The Morgan fingerprint density at radius 1 is 1.45 bits per heavy atom. The highest BCUT2D eigenvalue weighted by Gasteiger charge is 2.20. The summed E-state index contributed by atoms with van der Waals surface area (Å²) in [5.41, 5.74) is 0.944. The molecule has 20 heavy (non-hydrogen) atoms. The molecule has 1 aliphatic rings. The first-order chi connectivity index (χ1) is 9.72. The number of hydrogen-bond acceptors (Lipinski definition) is 4. The van der Waals surface area contributed by atoms with Gasteiger partial charge in [-0.15, -0.1) is 0 Å². The number of anilines is 1. The average molecular weight is 289 g/mol. The van der Waals surface area contributed by atoms with Crippen LogP contribution in [0.4, 0.5) is 5.13 Å². The fraction of sp³-hybridized carbons (Fsp3) is 0.467. The maximum Gasteiger partial charge on any atom is 0.240 e. The van der Waals surface area contributed by atoms with Crippen molar-refractivity contribution in [1.29, 1.82) is 0 Å². The Bertz CT molecular complexity index is 577. The van der Waals surface area contributed by atoms with Crippen LogP contribution in [0.1, 0.15) is 26.2 Å². The summed E-state index contributed by atoms with van der Waals surface area (Å²) in [7, 11) is 0. The zero-order valence-corrected chi connectivity index (χ0v) is 12.4. The van der Waals surface area contributed by atoms with E-state index >= 15 is 0 Å². The number of aromatic nitrogens is 1. The number of rotatable bonds is 3. The van der Waals surface area contributed by atoms with Gasteiger partial charge in [0.05, 0.1) is 16.8 Å². The van der Waals surface area contributed by atoms with Crippen LogP contribution in [0.15, 0.2) is 24.3 Å². The van der Waals surface area contributed by atoms with Crippen molar-refractivity contribution in [2.45, 2.75) is 32.2 Å². The minimum Gasteiger partial charge on any atom is -0.301 e. The molecule has 0 aliphatic carbocycles. The summed E-state index contributed by atoms with van der Waals surface area (Å²) in [5.74, 6) is 0.0396. The van der Waals surface area contributed by atoms with E-state index in [4.69, 9.17) is 0 Å². The number of hydrogen-bond donors (Lipinski definition) is 1. The summed E-state index contributed by atoms with van der Waals surface area (Å²) in [5, 5.41) is 3.62. The largest absolute Gasteiger partial charge is 0.301 e. The van der Waals surface area contributed by atoms with Gasteiger partial charge in [-0.05, 0) is 38.4 Å². The van der Waals surface area contributed by atoms with E-state index in [0.717, 1.165) is 16.8 Å². The third-order valence-corrected chi connectivity index (χ3v) is 4.78. The van der Waals surface area contributed by atoms with Gasteiger partial charge in [-0.3, -0.25) is 9.69 Å². The summed E-state index contributed by atoms with van der Waals surface area (Å²) >= 11 is 1.53. The summed E-state index contributed by atoms with van der Waals surface area (Å²) in [6.45, 7) is 3.69.